The summed E-state index contributed by atoms with van der Waals surface area (Å²) in [6.07, 6.45) is 5.76. The second kappa shape index (κ2) is 10.8. The summed E-state index contributed by atoms with van der Waals surface area (Å²) in [5.74, 6) is 0.909. The minimum Gasteiger partial charge on any atom is -0.356 e. The largest absolute Gasteiger partial charge is 0.356 e. The van der Waals surface area contributed by atoms with Gasteiger partial charge in [-0.05, 0) is 55.4 Å². The summed E-state index contributed by atoms with van der Waals surface area (Å²) in [5.41, 5.74) is 3.30. The SMILES string of the molecule is CN=C(NCCc1cccc(C(=O)N(C)C)c1)NC1CC2CCC(C1)N2Cc1ccccc1. The summed E-state index contributed by atoms with van der Waals surface area (Å²) in [4.78, 5) is 21.0. The fourth-order valence-electron chi connectivity index (χ4n) is 5.28. The number of aliphatic imine (C=N–C) groups is 1. The van der Waals surface area contributed by atoms with Gasteiger partial charge < -0.3 is 15.5 Å². The topological polar surface area (TPSA) is 60.0 Å². The molecule has 176 valence electrons. The van der Waals surface area contributed by atoms with Crippen molar-refractivity contribution in [2.75, 3.05) is 27.7 Å². The standard InChI is InChI=1S/C27H37N5O/c1-28-27(29-15-14-20-10-7-11-22(16-20)26(33)31(2)3)30-23-17-24-12-13-25(18-23)32(24)19-21-8-5-4-6-9-21/h4-11,16,23-25H,12-15,17-19H2,1-3H3,(H2,28,29,30). The number of fused-ring (bicyclic) bond motifs is 2. The number of carbonyl (C=O) groups excluding carboxylic acids is 1. The van der Waals surface area contributed by atoms with E-state index in [1.807, 2.05) is 25.2 Å². The Morgan fingerprint density at radius 1 is 1.03 bits per heavy atom. The average molecular weight is 448 g/mol. The van der Waals surface area contributed by atoms with Crippen LogP contribution < -0.4 is 10.6 Å². The van der Waals surface area contributed by atoms with Crippen molar-refractivity contribution in [3.63, 3.8) is 0 Å². The lowest BCUT2D eigenvalue weighted by atomic mass is 9.96. The van der Waals surface area contributed by atoms with Gasteiger partial charge >= 0.3 is 0 Å². The number of hydrogen-bond donors (Lipinski definition) is 2. The molecule has 2 unspecified atom stereocenters. The highest BCUT2D eigenvalue weighted by atomic mass is 16.2. The number of amides is 1. The number of rotatable bonds is 7. The lowest BCUT2D eigenvalue weighted by Crippen LogP contribution is -2.52. The van der Waals surface area contributed by atoms with Crippen LogP contribution in [-0.4, -0.2) is 67.5 Å². The molecule has 2 heterocycles. The first-order valence-electron chi connectivity index (χ1n) is 12.1. The van der Waals surface area contributed by atoms with E-state index in [-0.39, 0.29) is 5.91 Å². The van der Waals surface area contributed by atoms with Crippen molar-refractivity contribution >= 4 is 11.9 Å². The van der Waals surface area contributed by atoms with Gasteiger partial charge in [-0.15, -0.1) is 0 Å². The Morgan fingerprint density at radius 3 is 2.39 bits per heavy atom. The zero-order chi connectivity index (χ0) is 23.2. The van der Waals surface area contributed by atoms with E-state index >= 15 is 0 Å². The summed E-state index contributed by atoms with van der Waals surface area (Å²) < 4.78 is 0. The number of benzene rings is 2. The van der Waals surface area contributed by atoms with Gasteiger partial charge in [-0.3, -0.25) is 14.7 Å². The van der Waals surface area contributed by atoms with Crippen LogP contribution in [0.4, 0.5) is 0 Å². The average Bonchev–Trinajstić information content (AvgIpc) is 3.05. The molecule has 2 saturated heterocycles. The van der Waals surface area contributed by atoms with Crippen molar-refractivity contribution in [2.45, 2.75) is 56.8 Å². The predicted molar refractivity (Wildman–Crippen MR) is 134 cm³/mol. The summed E-state index contributed by atoms with van der Waals surface area (Å²) in [7, 11) is 5.40. The zero-order valence-electron chi connectivity index (χ0n) is 20.1. The highest BCUT2D eigenvalue weighted by Gasteiger charge is 2.40. The van der Waals surface area contributed by atoms with E-state index in [4.69, 9.17) is 0 Å². The van der Waals surface area contributed by atoms with E-state index in [1.54, 1.807) is 19.0 Å². The normalized spacial score (nSPS) is 22.8. The second-order valence-electron chi connectivity index (χ2n) is 9.50. The number of nitrogens with one attached hydrogen (secondary N) is 2. The van der Waals surface area contributed by atoms with Gasteiger partial charge in [0.25, 0.3) is 5.91 Å². The quantitative estimate of drug-likeness (QED) is 0.505. The van der Waals surface area contributed by atoms with E-state index in [1.165, 1.54) is 31.2 Å². The molecular formula is C27H37N5O. The van der Waals surface area contributed by atoms with Crippen molar-refractivity contribution < 1.29 is 4.79 Å². The van der Waals surface area contributed by atoms with Crippen molar-refractivity contribution in [2.24, 2.45) is 4.99 Å². The van der Waals surface area contributed by atoms with E-state index in [0.717, 1.165) is 36.6 Å². The van der Waals surface area contributed by atoms with Gasteiger partial charge in [0.15, 0.2) is 5.96 Å². The Balaban J connectivity index is 1.26. The molecule has 0 spiro atoms. The summed E-state index contributed by atoms with van der Waals surface area (Å²) in [5, 5.41) is 7.14. The Hall–Kier alpha value is -2.86. The first-order chi connectivity index (χ1) is 16.0. The van der Waals surface area contributed by atoms with Crippen LogP contribution in [0.2, 0.25) is 0 Å². The number of piperidine rings is 1. The van der Waals surface area contributed by atoms with Crippen LogP contribution >= 0.6 is 0 Å². The van der Waals surface area contributed by atoms with Crippen LogP contribution in [0, 0.1) is 0 Å². The van der Waals surface area contributed by atoms with E-state index in [2.05, 4.69) is 56.9 Å². The van der Waals surface area contributed by atoms with Gasteiger partial charge in [0.1, 0.15) is 0 Å². The van der Waals surface area contributed by atoms with Gasteiger partial charge in [-0.1, -0.05) is 42.5 Å². The number of carbonyl (C=O) groups is 1. The van der Waals surface area contributed by atoms with Crippen LogP contribution in [0.5, 0.6) is 0 Å². The van der Waals surface area contributed by atoms with E-state index in [0.29, 0.717) is 18.1 Å². The van der Waals surface area contributed by atoms with Crippen molar-refractivity contribution in [3.8, 4) is 0 Å². The predicted octanol–water partition coefficient (Wildman–Crippen LogP) is 3.29. The molecule has 2 N–H and O–H groups in total. The Labute approximate surface area is 198 Å². The molecule has 6 heteroatoms. The molecule has 0 radical (unpaired) electrons. The van der Waals surface area contributed by atoms with Crippen LogP contribution in [-0.2, 0) is 13.0 Å². The van der Waals surface area contributed by atoms with E-state index in [9.17, 15) is 4.79 Å². The summed E-state index contributed by atoms with van der Waals surface area (Å²) in [6.45, 7) is 1.84. The fourth-order valence-corrected chi connectivity index (χ4v) is 5.28. The van der Waals surface area contributed by atoms with Crippen LogP contribution in [0.25, 0.3) is 0 Å². The summed E-state index contributed by atoms with van der Waals surface area (Å²) >= 11 is 0. The third-order valence-corrected chi connectivity index (χ3v) is 6.94. The molecule has 2 fully saturated rings. The molecule has 2 aromatic rings. The van der Waals surface area contributed by atoms with Crippen molar-refractivity contribution in [1.82, 2.24) is 20.4 Å². The second-order valence-corrected chi connectivity index (χ2v) is 9.50. The van der Waals surface area contributed by atoms with Gasteiger partial charge in [0, 0.05) is 57.9 Å². The molecule has 0 aliphatic carbocycles. The smallest absolute Gasteiger partial charge is 0.253 e. The first kappa shape index (κ1) is 23.3. The van der Waals surface area contributed by atoms with Crippen molar-refractivity contribution in [1.29, 1.82) is 0 Å². The molecule has 0 aromatic heterocycles. The molecule has 2 aliphatic rings. The maximum absolute atomic E-state index is 12.2. The van der Waals surface area contributed by atoms with Gasteiger partial charge in [0.2, 0.25) is 0 Å². The van der Waals surface area contributed by atoms with Gasteiger partial charge in [-0.25, -0.2) is 0 Å². The fraction of sp³-hybridized carbons (Fsp3) is 0.481. The third-order valence-electron chi connectivity index (χ3n) is 6.94. The highest BCUT2D eigenvalue weighted by molar-refractivity contribution is 5.94. The van der Waals surface area contributed by atoms with Crippen LogP contribution in [0.15, 0.2) is 59.6 Å². The minimum absolute atomic E-state index is 0.0375. The molecule has 2 aromatic carbocycles. The Morgan fingerprint density at radius 2 is 1.73 bits per heavy atom. The monoisotopic (exact) mass is 447 g/mol. The molecule has 0 saturated carbocycles. The third kappa shape index (κ3) is 5.93. The number of hydrogen-bond acceptors (Lipinski definition) is 3. The molecule has 2 aliphatic heterocycles. The summed E-state index contributed by atoms with van der Waals surface area (Å²) in [6, 6.07) is 20.5. The van der Waals surface area contributed by atoms with Crippen LogP contribution in [0.3, 0.4) is 0 Å². The minimum atomic E-state index is 0.0375. The lowest BCUT2D eigenvalue weighted by molar-refractivity contribution is 0.0827. The van der Waals surface area contributed by atoms with Gasteiger partial charge in [0.05, 0.1) is 0 Å². The molecule has 2 atom stereocenters. The number of guanidine groups is 1. The maximum Gasteiger partial charge on any atom is 0.253 e. The molecule has 33 heavy (non-hydrogen) atoms. The molecular weight excluding hydrogens is 410 g/mol. The Kier molecular flexibility index (Phi) is 7.65. The zero-order valence-corrected chi connectivity index (χ0v) is 20.1. The molecule has 6 nitrogen and oxygen atoms in total. The maximum atomic E-state index is 12.2. The lowest BCUT2D eigenvalue weighted by Gasteiger charge is -2.39. The van der Waals surface area contributed by atoms with Crippen LogP contribution in [0.1, 0.15) is 47.2 Å². The first-order valence-corrected chi connectivity index (χ1v) is 12.1. The Bertz CT molecular complexity index is 944. The molecule has 1 amide bonds. The molecule has 2 bridgehead atoms. The van der Waals surface area contributed by atoms with Crippen molar-refractivity contribution in [3.05, 3.63) is 71.3 Å². The van der Waals surface area contributed by atoms with E-state index < -0.39 is 0 Å². The number of nitrogens with zero attached hydrogens (tertiary/aromatic N) is 3. The van der Waals surface area contributed by atoms with Gasteiger partial charge in [-0.2, -0.15) is 0 Å². The highest BCUT2D eigenvalue weighted by Crippen LogP contribution is 2.36. The molecule has 4 rings (SSSR count).